The third kappa shape index (κ3) is 4.20. The predicted molar refractivity (Wildman–Crippen MR) is 116 cm³/mol. The molecule has 0 saturated carbocycles. The van der Waals surface area contributed by atoms with Gasteiger partial charge in [-0.1, -0.05) is 36.4 Å². The highest BCUT2D eigenvalue weighted by Gasteiger charge is 2.19. The summed E-state index contributed by atoms with van der Waals surface area (Å²) in [5.74, 6) is -1.19. The number of nitro groups is 1. The van der Waals surface area contributed by atoms with Crippen molar-refractivity contribution >= 4 is 39.8 Å². The average molecular weight is 415 g/mol. The topological polar surface area (TPSA) is 129 Å². The standard InChI is InChI=1S/C22H17N5O4/c28-21(25-26-22(29)17-13-23-18-9-5-4-8-16(17)18)14-10-11-19(20(12-14)27(30)31)24-15-6-2-1-3-7-15/h1-13,23-24H,(H,25,28)(H,26,29). The van der Waals surface area contributed by atoms with E-state index in [1.807, 2.05) is 18.2 Å². The SMILES string of the molecule is O=C(NNC(=O)c1c[nH]c2ccccc12)c1ccc(Nc2ccccc2)c([N+](=O)[O-])c1. The van der Waals surface area contributed by atoms with Crippen LogP contribution in [0.2, 0.25) is 0 Å². The lowest BCUT2D eigenvalue weighted by Gasteiger charge is -2.10. The van der Waals surface area contributed by atoms with Crippen LogP contribution in [0, 0.1) is 10.1 Å². The molecule has 3 aromatic carbocycles. The van der Waals surface area contributed by atoms with Gasteiger partial charge in [0.05, 0.1) is 10.5 Å². The Bertz CT molecular complexity index is 1280. The molecular weight excluding hydrogens is 398 g/mol. The molecule has 4 rings (SSSR count). The van der Waals surface area contributed by atoms with E-state index in [2.05, 4.69) is 21.2 Å². The van der Waals surface area contributed by atoms with E-state index in [0.717, 1.165) is 11.6 Å². The zero-order chi connectivity index (χ0) is 21.8. The largest absolute Gasteiger partial charge is 0.360 e. The third-order valence-corrected chi connectivity index (χ3v) is 4.63. The van der Waals surface area contributed by atoms with Crippen molar-refractivity contribution in [3.05, 3.63) is 100 Å². The fourth-order valence-corrected chi connectivity index (χ4v) is 3.12. The number of benzene rings is 3. The number of carbonyl (C=O) groups is 2. The minimum atomic E-state index is -0.678. The first-order chi connectivity index (χ1) is 15.0. The van der Waals surface area contributed by atoms with E-state index in [0.29, 0.717) is 16.6 Å². The molecule has 4 N–H and O–H groups in total. The molecule has 4 aromatic rings. The summed E-state index contributed by atoms with van der Waals surface area (Å²) in [5, 5.41) is 15.2. The highest BCUT2D eigenvalue weighted by Crippen LogP contribution is 2.28. The maximum atomic E-state index is 12.5. The summed E-state index contributed by atoms with van der Waals surface area (Å²) in [7, 11) is 0. The van der Waals surface area contributed by atoms with Gasteiger partial charge in [0, 0.05) is 34.4 Å². The number of nitrogens with one attached hydrogen (secondary N) is 4. The van der Waals surface area contributed by atoms with Crippen molar-refractivity contribution in [2.75, 3.05) is 5.32 Å². The Balaban J connectivity index is 1.48. The number of aromatic amines is 1. The van der Waals surface area contributed by atoms with Crippen molar-refractivity contribution in [3.8, 4) is 0 Å². The Morgan fingerprint density at radius 3 is 2.35 bits per heavy atom. The smallest absolute Gasteiger partial charge is 0.293 e. The maximum absolute atomic E-state index is 12.5. The van der Waals surface area contributed by atoms with Gasteiger partial charge in [-0.05, 0) is 30.3 Å². The number of H-pyrrole nitrogens is 1. The van der Waals surface area contributed by atoms with E-state index < -0.39 is 16.7 Å². The van der Waals surface area contributed by atoms with Gasteiger partial charge in [0.2, 0.25) is 0 Å². The van der Waals surface area contributed by atoms with Gasteiger partial charge in [0.25, 0.3) is 17.5 Å². The van der Waals surface area contributed by atoms with Gasteiger partial charge < -0.3 is 10.3 Å². The number of anilines is 2. The van der Waals surface area contributed by atoms with Crippen molar-refractivity contribution < 1.29 is 14.5 Å². The van der Waals surface area contributed by atoms with Crippen LogP contribution in [0.1, 0.15) is 20.7 Å². The first-order valence-electron chi connectivity index (χ1n) is 9.30. The van der Waals surface area contributed by atoms with Gasteiger partial charge in [-0.25, -0.2) is 0 Å². The highest BCUT2D eigenvalue weighted by atomic mass is 16.6. The van der Waals surface area contributed by atoms with Gasteiger partial charge in [-0.2, -0.15) is 0 Å². The van der Waals surface area contributed by atoms with E-state index >= 15 is 0 Å². The number of hydrogen-bond acceptors (Lipinski definition) is 5. The molecule has 154 valence electrons. The van der Waals surface area contributed by atoms with Crippen LogP contribution < -0.4 is 16.2 Å². The lowest BCUT2D eigenvalue weighted by Crippen LogP contribution is -2.41. The predicted octanol–water partition coefficient (Wildman–Crippen LogP) is 3.89. The van der Waals surface area contributed by atoms with Crippen LogP contribution in [-0.2, 0) is 0 Å². The normalized spacial score (nSPS) is 10.5. The molecule has 0 aliphatic carbocycles. The molecule has 0 fully saturated rings. The molecule has 0 atom stereocenters. The number of rotatable bonds is 5. The summed E-state index contributed by atoms with van der Waals surface area (Å²) in [6.07, 6.45) is 1.54. The molecule has 1 heterocycles. The Labute approximate surface area is 176 Å². The van der Waals surface area contributed by atoms with E-state index in [9.17, 15) is 19.7 Å². The molecule has 31 heavy (non-hydrogen) atoms. The molecule has 0 saturated heterocycles. The van der Waals surface area contributed by atoms with E-state index in [4.69, 9.17) is 0 Å². The van der Waals surface area contributed by atoms with Crippen LogP contribution in [0.5, 0.6) is 0 Å². The van der Waals surface area contributed by atoms with Crippen molar-refractivity contribution in [1.82, 2.24) is 15.8 Å². The Kier molecular flexibility index (Phi) is 5.31. The minimum absolute atomic E-state index is 0.0320. The quantitative estimate of drug-likeness (QED) is 0.290. The zero-order valence-electron chi connectivity index (χ0n) is 16.1. The van der Waals surface area contributed by atoms with Crippen molar-refractivity contribution in [3.63, 3.8) is 0 Å². The molecule has 0 aliphatic heterocycles. The summed E-state index contributed by atoms with van der Waals surface area (Å²) in [6, 6.07) is 20.2. The lowest BCUT2D eigenvalue weighted by atomic mass is 10.1. The van der Waals surface area contributed by atoms with Crippen LogP contribution in [-0.4, -0.2) is 21.7 Å². The summed E-state index contributed by atoms with van der Waals surface area (Å²) in [5.41, 5.74) is 6.47. The van der Waals surface area contributed by atoms with Crippen LogP contribution in [0.3, 0.4) is 0 Å². The highest BCUT2D eigenvalue weighted by molar-refractivity contribution is 6.07. The van der Waals surface area contributed by atoms with Gasteiger partial charge >= 0.3 is 0 Å². The molecule has 0 bridgehead atoms. The third-order valence-electron chi connectivity index (χ3n) is 4.63. The molecule has 0 aliphatic rings. The molecule has 9 nitrogen and oxygen atoms in total. The molecule has 9 heteroatoms. The van der Waals surface area contributed by atoms with Crippen LogP contribution >= 0.6 is 0 Å². The van der Waals surface area contributed by atoms with Crippen LogP contribution in [0.4, 0.5) is 17.1 Å². The molecule has 1 aromatic heterocycles. The number of nitrogens with zero attached hydrogens (tertiary/aromatic N) is 1. The molecule has 0 unspecified atom stereocenters. The lowest BCUT2D eigenvalue weighted by molar-refractivity contribution is -0.383. The van der Waals surface area contributed by atoms with Crippen molar-refractivity contribution in [1.29, 1.82) is 0 Å². The fourth-order valence-electron chi connectivity index (χ4n) is 3.12. The second-order valence-electron chi connectivity index (χ2n) is 6.64. The van der Waals surface area contributed by atoms with Gasteiger partial charge in [0.15, 0.2) is 0 Å². The fraction of sp³-hybridized carbons (Fsp3) is 0. The number of para-hydroxylation sites is 2. The number of amides is 2. The van der Waals surface area contributed by atoms with Crippen molar-refractivity contribution in [2.24, 2.45) is 0 Å². The monoisotopic (exact) mass is 415 g/mol. The number of hydrazine groups is 1. The molecular formula is C22H17N5O4. The Morgan fingerprint density at radius 1 is 0.871 bits per heavy atom. The minimum Gasteiger partial charge on any atom is -0.360 e. The number of nitro benzene ring substituents is 1. The second kappa shape index (κ2) is 8.37. The van der Waals surface area contributed by atoms with Gasteiger partial charge in [-0.15, -0.1) is 0 Å². The Hall–Kier alpha value is -4.66. The number of aromatic nitrogens is 1. The zero-order valence-corrected chi connectivity index (χ0v) is 16.1. The first kappa shape index (κ1) is 19.6. The van der Waals surface area contributed by atoms with E-state index in [-0.39, 0.29) is 16.9 Å². The summed E-state index contributed by atoms with van der Waals surface area (Å²) in [6.45, 7) is 0. The number of hydrogen-bond donors (Lipinski definition) is 4. The number of carbonyl (C=O) groups excluding carboxylic acids is 2. The molecule has 2 amide bonds. The summed E-state index contributed by atoms with van der Waals surface area (Å²) < 4.78 is 0. The van der Waals surface area contributed by atoms with Crippen LogP contribution in [0.25, 0.3) is 10.9 Å². The molecule has 0 spiro atoms. The summed E-state index contributed by atoms with van der Waals surface area (Å²) >= 11 is 0. The van der Waals surface area contributed by atoms with Crippen LogP contribution in [0.15, 0.2) is 79.0 Å². The second-order valence-corrected chi connectivity index (χ2v) is 6.64. The molecule has 0 radical (unpaired) electrons. The summed E-state index contributed by atoms with van der Waals surface area (Å²) in [4.78, 5) is 38.8. The van der Waals surface area contributed by atoms with Crippen molar-refractivity contribution in [2.45, 2.75) is 0 Å². The Morgan fingerprint density at radius 2 is 1.58 bits per heavy atom. The first-order valence-corrected chi connectivity index (χ1v) is 9.30. The van der Waals surface area contributed by atoms with E-state index in [1.54, 1.807) is 42.6 Å². The van der Waals surface area contributed by atoms with E-state index in [1.165, 1.54) is 12.1 Å². The van der Waals surface area contributed by atoms with Gasteiger partial charge in [-0.3, -0.25) is 30.6 Å². The number of fused-ring (bicyclic) bond motifs is 1. The average Bonchev–Trinajstić information content (AvgIpc) is 3.22. The van der Waals surface area contributed by atoms with Gasteiger partial charge in [0.1, 0.15) is 5.69 Å². The maximum Gasteiger partial charge on any atom is 0.293 e.